The molecule has 15 heavy (non-hydrogen) atoms. The molecule has 1 rings (SSSR count). The van der Waals surface area contributed by atoms with E-state index in [0.717, 1.165) is 13.1 Å². The predicted molar refractivity (Wildman–Crippen MR) is 60.9 cm³/mol. The summed E-state index contributed by atoms with van der Waals surface area (Å²) in [5, 5.41) is 0. The summed E-state index contributed by atoms with van der Waals surface area (Å²) in [6.07, 6.45) is 0.475. The fourth-order valence-corrected chi connectivity index (χ4v) is 1.85. The zero-order chi connectivity index (χ0) is 11.6. The Kier molecular flexibility index (Phi) is 3.90. The van der Waals surface area contributed by atoms with Gasteiger partial charge in [-0.15, -0.1) is 0 Å². The van der Waals surface area contributed by atoms with Crippen molar-refractivity contribution >= 4 is 5.78 Å². The fraction of sp³-hybridized carbons (Fsp3) is 0.917. The normalized spacial score (nSPS) is 29.1. The smallest absolute Gasteiger partial charge is 0.152 e. The number of hydrogen-bond acceptors (Lipinski definition) is 3. The Bertz CT molecular complexity index is 222. The molecule has 1 saturated heterocycles. The summed E-state index contributed by atoms with van der Waals surface area (Å²) in [6.45, 7) is 12.3. The van der Waals surface area contributed by atoms with E-state index in [1.54, 1.807) is 0 Å². The van der Waals surface area contributed by atoms with Crippen molar-refractivity contribution in [3.05, 3.63) is 0 Å². The third kappa shape index (κ3) is 3.92. The largest absolute Gasteiger partial charge is 0.373 e. The van der Waals surface area contributed by atoms with E-state index < -0.39 is 0 Å². The van der Waals surface area contributed by atoms with Crippen LogP contribution in [0.25, 0.3) is 0 Å². The Morgan fingerprint density at radius 1 is 1.27 bits per heavy atom. The van der Waals surface area contributed by atoms with Crippen LogP contribution in [0, 0.1) is 5.41 Å². The lowest BCUT2D eigenvalue weighted by molar-refractivity contribution is -0.131. The molecular weight excluding hydrogens is 190 g/mol. The van der Waals surface area contributed by atoms with Gasteiger partial charge in [-0.2, -0.15) is 0 Å². The number of morpholine rings is 1. The highest BCUT2D eigenvalue weighted by Gasteiger charge is 2.28. The lowest BCUT2D eigenvalue weighted by atomic mass is 9.90. The van der Waals surface area contributed by atoms with Crippen molar-refractivity contribution in [3.63, 3.8) is 0 Å². The van der Waals surface area contributed by atoms with Crippen LogP contribution in [0.3, 0.4) is 0 Å². The standard InChI is InChI=1S/C12H23NO2/c1-9-6-13(7-10(2)15-9)8-11(14)12(3,4)5/h9-10H,6-8H2,1-5H3/t9-,10+. The lowest BCUT2D eigenvalue weighted by Crippen LogP contribution is -2.48. The highest BCUT2D eigenvalue weighted by molar-refractivity contribution is 5.85. The average molecular weight is 213 g/mol. The van der Waals surface area contributed by atoms with Gasteiger partial charge < -0.3 is 4.74 Å². The molecule has 0 aromatic carbocycles. The van der Waals surface area contributed by atoms with Crippen molar-refractivity contribution in [1.29, 1.82) is 0 Å². The Balaban J connectivity index is 2.48. The second-order valence-electron chi connectivity index (χ2n) is 5.62. The van der Waals surface area contributed by atoms with Crippen LogP contribution in [0.5, 0.6) is 0 Å². The molecule has 0 radical (unpaired) electrons. The van der Waals surface area contributed by atoms with Gasteiger partial charge in [0.1, 0.15) is 0 Å². The number of carbonyl (C=O) groups is 1. The molecule has 0 amide bonds. The monoisotopic (exact) mass is 213 g/mol. The first-order valence-electron chi connectivity index (χ1n) is 5.70. The first kappa shape index (κ1) is 12.7. The van der Waals surface area contributed by atoms with Crippen LogP contribution in [-0.2, 0) is 9.53 Å². The summed E-state index contributed by atoms with van der Waals surface area (Å²) >= 11 is 0. The number of ether oxygens (including phenoxy) is 1. The van der Waals surface area contributed by atoms with E-state index in [0.29, 0.717) is 12.3 Å². The highest BCUT2D eigenvalue weighted by Crippen LogP contribution is 2.17. The molecule has 0 aromatic heterocycles. The molecule has 1 fully saturated rings. The van der Waals surface area contributed by atoms with E-state index in [2.05, 4.69) is 18.7 Å². The van der Waals surface area contributed by atoms with Gasteiger partial charge in [0.25, 0.3) is 0 Å². The summed E-state index contributed by atoms with van der Waals surface area (Å²) in [5.41, 5.74) is -0.231. The number of carbonyl (C=O) groups excluding carboxylic acids is 1. The second kappa shape index (κ2) is 4.62. The van der Waals surface area contributed by atoms with Crippen molar-refractivity contribution in [1.82, 2.24) is 4.90 Å². The molecule has 0 spiro atoms. The summed E-state index contributed by atoms with van der Waals surface area (Å²) in [5.74, 6) is 0.309. The zero-order valence-corrected chi connectivity index (χ0v) is 10.5. The minimum atomic E-state index is -0.231. The van der Waals surface area contributed by atoms with Gasteiger partial charge in [-0.25, -0.2) is 0 Å². The Hall–Kier alpha value is -0.410. The number of nitrogens with zero attached hydrogens (tertiary/aromatic N) is 1. The quantitative estimate of drug-likeness (QED) is 0.699. The molecule has 0 unspecified atom stereocenters. The number of Topliss-reactive ketones (excluding diaryl/α,β-unsaturated/α-hetero) is 1. The van der Waals surface area contributed by atoms with Gasteiger partial charge in [0.15, 0.2) is 5.78 Å². The molecule has 88 valence electrons. The molecule has 0 aliphatic carbocycles. The van der Waals surface area contributed by atoms with E-state index in [1.165, 1.54) is 0 Å². The number of ketones is 1. The van der Waals surface area contributed by atoms with Gasteiger partial charge >= 0.3 is 0 Å². The van der Waals surface area contributed by atoms with Gasteiger partial charge in [-0.1, -0.05) is 20.8 Å². The van der Waals surface area contributed by atoms with Gasteiger partial charge in [-0.05, 0) is 13.8 Å². The molecule has 0 N–H and O–H groups in total. The molecule has 0 saturated carbocycles. The fourth-order valence-electron chi connectivity index (χ4n) is 1.85. The van der Waals surface area contributed by atoms with Crippen LogP contribution in [0.4, 0.5) is 0 Å². The highest BCUT2D eigenvalue weighted by atomic mass is 16.5. The van der Waals surface area contributed by atoms with Crippen molar-refractivity contribution in [3.8, 4) is 0 Å². The molecule has 3 nitrogen and oxygen atoms in total. The van der Waals surface area contributed by atoms with Crippen LogP contribution in [0.15, 0.2) is 0 Å². The van der Waals surface area contributed by atoms with Gasteiger partial charge in [-0.3, -0.25) is 9.69 Å². The molecule has 0 bridgehead atoms. The zero-order valence-electron chi connectivity index (χ0n) is 10.5. The second-order valence-corrected chi connectivity index (χ2v) is 5.62. The molecule has 3 heteroatoms. The van der Waals surface area contributed by atoms with E-state index in [9.17, 15) is 4.79 Å². The molecule has 0 aromatic rings. The minimum absolute atomic E-state index is 0.231. The Labute approximate surface area is 92.8 Å². The van der Waals surface area contributed by atoms with Crippen LogP contribution in [0.1, 0.15) is 34.6 Å². The van der Waals surface area contributed by atoms with Crippen molar-refractivity contribution in [2.24, 2.45) is 5.41 Å². The molecular formula is C12H23NO2. The predicted octanol–water partition coefficient (Wildman–Crippen LogP) is 1.71. The average Bonchev–Trinajstić information content (AvgIpc) is 1.99. The SMILES string of the molecule is C[C@@H]1CN(CC(=O)C(C)(C)C)C[C@H](C)O1. The van der Waals surface area contributed by atoms with Crippen LogP contribution >= 0.6 is 0 Å². The van der Waals surface area contributed by atoms with Crippen LogP contribution < -0.4 is 0 Å². The van der Waals surface area contributed by atoms with Crippen LogP contribution in [0.2, 0.25) is 0 Å². The molecule has 2 atom stereocenters. The first-order chi connectivity index (χ1) is 6.79. The van der Waals surface area contributed by atoms with E-state index >= 15 is 0 Å². The third-order valence-electron chi connectivity index (χ3n) is 2.70. The summed E-state index contributed by atoms with van der Waals surface area (Å²) < 4.78 is 5.63. The van der Waals surface area contributed by atoms with E-state index in [1.807, 2.05) is 20.8 Å². The van der Waals surface area contributed by atoms with Gasteiger partial charge in [0.05, 0.1) is 18.8 Å². The maximum absolute atomic E-state index is 11.9. The summed E-state index contributed by atoms with van der Waals surface area (Å²) in [6, 6.07) is 0. The maximum atomic E-state index is 11.9. The molecule has 1 heterocycles. The Morgan fingerprint density at radius 3 is 2.13 bits per heavy atom. The van der Waals surface area contributed by atoms with Crippen molar-refractivity contribution < 1.29 is 9.53 Å². The summed E-state index contributed by atoms with van der Waals surface area (Å²) in [7, 11) is 0. The molecule has 1 aliphatic rings. The topological polar surface area (TPSA) is 29.5 Å². The number of rotatable bonds is 2. The Morgan fingerprint density at radius 2 is 1.73 bits per heavy atom. The first-order valence-corrected chi connectivity index (χ1v) is 5.70. The van der Waals surface area contributed by atoms with Crippen molar-refractivity contribution in [2.45, 2.75) is 46.8 Å². The maximum Gasteiger partial charge on any atom is 0.152 e. The van der Waals surface area contributed by atoms with E-state index in [-0.39, 0.29) is 17.6 Å². The lowest BCUT2D eigenvalue weighted by Gasteiger charge is -2.35. The third-order valence-corrected chi connectivity index (χ3v) is 2.70. The summed E-state index contributed by atoms with van der Waals surface area (Å²) in [4.78, 5) is 14.1. The number of hydrogen-bond donors (Lipinski definition) is 0. The van der Waals surface area contributed by atoms with Crippen LogP contribution in [-0.4, -0.2) is 42.5 Å². The minimum Gasteiger partial charge on any atom is -0.373 e. The van der Waals surface area contributed by atoms with Crippen molar-refractivity contribution in [2.75, 3.05) is 19.6 Å². The van der Waals surface area contributed by atoms with E-state index in [4.69, 9.17) is 4.74 Å². The van der Waals surface area contributed by atoms with Gasteiger partial charge in [0.2, 0.25) is 0 Å². The molecule has 1 aliphatic heterocycles. The van der Waals surface area contributed by atoms with Gasteiger partial charge in [0, 0.05) is 18.5 Å².